The van der Waals surface area contributed by atoms with Crippen LogP contribution in [0.2, 0.25) is 0 Å². The molecular weight excluding hydrogens is 284 g/mol. The van der Waals surface area contributed by atoms with Crippen molar-refractivity contribution in [3.8, 4) is 0 Å². The van der Waals surface area contributed by atoms with Crippen LogP contribution in [0.5, 0.6) is 0 Å². The number of carboxylic acids is 1. The van der Waals surface area contributed by atoms with E-state index < -0.39 is 11.9 Å². The van der Waals surface area contributed by atoms with Gasteiger partial charge in [-0.25, -0.2) is 4.68 Å². The standard InChI is InChI=1S/C15H18N4O3/c1-11(2)19(10-14(20)21)15(22)13-9-18(17-16-13)8-12-6-4-3-5-7-12/h3-7,9,11H,8,10H2,1-2H3,(H,20,21). The summed E-state index contributed by atoms with van der Waals surface area (Å²) in [7, 11) is 0. The topological polar surface area (TPSA) is 88.3 Å². The molecule has 7 heteroatoms. The molecule has 2 aromatic rings. The fourth-order valence-electron chi connectivity index (χ4n) is 2.03. The highest BCUT2D eigenvalue weighted by molar-refractivity contribution is 5.94. The maximum Gasteiger partial charge on any atom is 0.323 e. The van der Waals surface area contributed by atoms with Crippen molar-refractivity contribution in [1.29, 1.82) is 0 Å². The van der Waals surface area contributed by atoms with Crippen LogP contribution >= 0.6 is 0 Å². The number of carbonyl (C=O) groups is 2. The zero-order valence-electron chi connectivity index (χ0n) is 12.5. The lowest BCUT2D eigenvalue weighted by molar-refractivity contribution is -0.138. The molecule has 0 saturated carbocycles. The first-order chi connectivity index (χ1) is 10.5. The fraction of sp³-hybridized carbons (Fsp3) is 0.333. The van der Waals surface area contributed by atoms with Gasteiger partial charge in [-0.15, -0.1) is 5.10 Å². The van der Waals surface area contributed by atoms with Crippen molar-refractivity contribution >= 4 is 11.9 Å². The molecule has 0 fully saturated rings. The molecule has 2 rings (SSSR count). The predicted octanol–water partition coefficient (Wildman–Crippen LogP) is 1.26. The number of aromatic nitrogens is 3. The van der Waals surface area contributed by atoms with Crippen LogP contribution in [-0.2, 0) is 11.3 Å². The average Bonchev–Trinajstić information content (AvgIpc) is 2.93. The van der Waals surface area contributed by atoms with E-state index in [2.05, 4.69) is 10.3 Å². The zero-order chi connectivity index (χ0) is 16.1. The van der Waals surface area contributed by atoms with Gasteiger partial charge in [-0.1, -0.05) is 35.5 Å². The minimum Gasteiger partial charge on any atom is -0.480 e. The molecule has 0 aliphatic heterocycles. The molecule has 1 aromatic heterocycles. The van der Waals surface area contributed by atoms with Crippen molar-refractivity contribution in [2.24, 2.45) is 0 Å². The van der Waals surface area contributed by atoms with Crippen LogP contribution in [0.1, 0.15) is 29.9 Å². The Kier molecular flexibility index (Phi) is 4.88. The van der Waals surface area contributed by atoms with Gasteiger partial charge >= 0.3 is 5.97 Å². The fourth-order valence-corrected chi connectivity index (χ4v) is 2.03. The van der Waals surface area contributed by atoms with Gasteiger partial charge in [0.1, 0.15) is 6.54 Å². The summed E-state index contributed by atoms with van der Waals surface area (Å²) in [4.78, 5) is 24.4. The third-order valence-electron chi connectivity index (χ3n) is 3.13. The van der Waals surface area contributed by atoms with Crippen LogP contribution in [0.25, 0.3) is 0 Å². The van der Waals surface area contributed by atoms with Crippen molar-refractivity contribution in [2.75, 3.05) is 6.54 Å². The molecule has 1 heterocycles. The number of nitrogens with zero attached hydrogens (tertiary/aromatic N) is 4. The molecule has 0 unspecified atom stereocenters. The lowest BCUT2D eigenvalue weighted by Crippen LogP contribution is -2.40. The molecule has 0 bridgehead atoms. The highest BCUT2D eigenvalue weighted by atomic mass is 16.4. The highest BCUT2D eigenvalue weighted by Gasteiger charge is 2.23. The summed E-state index contributed by atoms with van der Waals surface area (Å²) in [5.41, 5.74) is 1.18. The van der Waals surface area contributed by atoms with E-state index in [1.54, 1.807) is 18.5 Å². The number of aliphatic carboxylic acids is 1. The summed E-state index contributed by atoms with van der Waals surface area (Å²) in [5.74, 6) is -1.49. The second kappa shape index (κ2) is 6.84. The second-order valence-electron chi connectivity index (χ2n) is 5.21. The van der Waals surface area contributed by atoms with Crippen molar-refractivity contribution in [1.82, 2.24) is 19.9 Å². The monoisotopic (exact) mass is 302 g/mol. The normalized spacial score (nSPS) is 10.7. The van der Waals surface area contributed by atoms with Crippen molar-refractivity contribution in [2.45, 2.75) is 26.4 Å². The van der Waals surface area contributed by atoms with Gasteiger partial charge in [0.25, 0.3) is 5.91 Å². The summed E-state index contributed by atoms with van der Waals surface area (Å²) < 4.78 is 1.56. The molecule has 0 saturated heterocycles. The van der Waals surface area contributed by atoms with Gasteiger partial charge in [0.05, 0.1) is 12.7 Å². The van der Waals surface area contributed by atoms with Gasteiger partial charge in [0.2, 0.25) is 0 Å². The summed E-state index contributed by atoms with van der Waals surface area (Å²) in [5, 5.41) is 16.7. The van der Waals surface area contributed by atoms with Crippen LogP contribution in [-0.4, -0.2) is 49.5 Å². The van der Waals surface area contributed by atoms with Crippen molar-refractivity contribution < 1.29 is 14.7 Å². The molecule has 1 amide bonds. The highest BCUT2D eigenvalue weighted by Crippen LogP contribution is 2.07. The molecule has 0 radical (unpaired) electrons. The molecule has 0 spiro atoms. The second-order valence-corrected chi connectivity index (χ2v) is 5.21. The molecule has 0 aliphatic carbocycles. The van der Waals surface area contributed by atoms with E-state index in [0.717, 1.165) is 5.56 Å². The van der Waals surface area contributed by atoms with Crippen LogP contribution in [0, 0.1) is 0 Å². The predicted molar refractivity (Wildman–Crippen MR) is 79.4 cm³/mol. The van der Waals surface area contributed by atoms with Gasteiger partial charge in [0.15, 0.2) is 5.69 Å². The third-order valence-corrected chi connectivity index (χ3v) is 3.13. The van der Waals surface area contributed by atoms with Gasteiger partial charge in [0, 0.05) is 6.04 Å². The number of benzene rings is 1. The Morgan fingerprint density at radius 1 is 1.27 bits per heavy atom. The first kappa shape index (κ1) is 15.7. The Morgan fingerprint density at radius 3 is 2.55 bits per heavy atom. The zero-order valence-corrected chi connectivity index (χ0v) is 12.5. The lowest BCUT2D eigenvalue weighted by atomic mass is 10.2. The maximum absolute atomic E-state index is 12.3. The largest absolute Gasteiger partial charge is 0.480 e. The minimum atomic E-state index is -1.06. The first-order valence-corrected chi connectivity index (χ1v) is 6.94. The number of hydrogen-bond donors (Lipinski definition) is 1. The summed E-state index contributed by atoms with van der Waals surface area (Å²) in [6.07, 6.45) is 1.53. The van der Waals surface area contributed by atoms with E-state index in [-0.39, 0.29) is 18.3 Å². The Hall–Kier alpha value is -2.70. The molecular formula is C15H18N4O3. The molecule has 22 heavy (non-hydrogen) atoms. The Balaban J connectivity index is 2.12. The Bertz CT molecular complexity index is 652. The quantitative estimate of drug-likeness (QED) is 0.868. The smallest absolute Gasteiger partial charge is 0.323 e. The molecule has 1 N–H and O–H groups in total. The molecule has 7 nitrogen and oxygen atoms in total. The van der Waals surface area contributed by atoms with E-state index >= 15 is 0 Å². The number of rotatable bonds is 6. The van der Waals surface area contributed by atoms with Crippen molar-refractivity contribution in [3.05, 3.63) is 47.8 Å². The first-order valence-electron chi connectivity index (χ1n) is 6.94. The van der Waals surface area contributed by atoms with E-state index in [1.807, 2.05) is 30.3 Å². The van der Waals surface area contributed by atoms with E-state index in [4.69, 9.17) is 5.11 Å². The van der Waals surface area contributed by atoms with Gasteiger partial charge < -0.3 is 10.0 Å². The summed E-state index contributed by atoms with van der Waals surface area (Å²) in [6, 6.07) is 9.44. The van der Waals surface area contributed by atoms with E-state index in [0.29, 0.717) is 6.54 Å². The van der Waals surface area contributed by atoms with E-state index in [9.17, 15) is 9.59 Å². The minimum absolute atomic E-state index is 0.144. The maximum atomic E-state index is 12.3. The molecule has 116 valence electrons. The molecule has 0 atom stereocenters. The Morgan fingerprint density at radius 2 is 1.95 bits per heavy atom. The van der Waals surface area contributed by atoms with Gasteiger partial charge in [-0.05, 0) is 19.4 Å². The van der Waals surface area contributed by atoms with Crippen LogP contribution in [0.15, 0.2) is 36.5 Å². The van der Waals surface area contributed by atoms with Crippen LogP contribution in [0.4, 0.5) is 0 Å². The SMILES string of the molecule is CC(C)N(CC(=O)O)C(=O)c1cn(Cc2ccccc2)nn1. The number of amides is 1. The van der Waals surface area contributed by atoms with Gasteiger partial charge in [-0.2, -0.15) is 0 Å². The summed E-state index contributed by atoms with van der Waals surface area (Å²) >= 11 is 0. The number of carbonyl (C=O) groups excluding carboxylic acids is 1. The Labute approximate surface area is 128 Å². The molecule has 0 aliphatic rings. The average molecular weight is 302 g/mol. The van der Waals surface area contributed by atoms with Crippen LogP contribution < -0.4 is 0 Å². The van der Waals surface area contributed by atoms with Gasteiger partial charge in [-0.3, -0.25) is 9.59 Å². The number of hydrogen-bond acceptors (Lipinski definition) is 4. The summed E-state index contributed by atoms with van der Waals surface area (Å²) in [6.45, 7) is 3.66. The third kappa shape index (κ3) is 3.91. The molecule has 1 aromatic carbocycles. The van der Waals surface area contributed by atoms with Crippen molar-refractivity contribution in [3.63, 3.8) is 0 Å². The van der Waals surface area contributed by atoms with Crippen LogP contribution in [0.3, 0.4) is 0 Å². The van der Waals surface area contributed by atoms with E-state index in [1.165, 1.54) is 11.1 Å². The lowest BCUT2D eigenvalue weighted by Gasteiger charge is -2.23. The number of carboxylic acid groups (broad SMARTS) is 1.